The van der Waals surface area contributed by atoms with Crippen molar-refractivity contribution in [2.45, 2.75) is 19.3 Å². The summed E-state index contributed by atoms with van der Waals surface area (Å²) in [7, 11) is 0. The fourth-order valence-corrected chi connectivity index (χ4v) is 0.479. The number of aliphatic carboxylic acids is 2. The first-order chi connectivity index (χ1) is 4.63. The van der Waals surface area contributed by atoms with Crippen LogP contribution in [-0.2, 0) is 9.59 Å². The minimum Gasteiger partial charge on any atom is -0.481 e. The second-order valence-electron chi connectivity index (χ2n) is 1.83. The average Bonchev–Trinajstić information content (AvgIpc) is 1.79. The highest BCUT2D eigenvalue weighted by atomic mass is 16.4. The molecule has 0 aromatic heterocycles. The van der Waals surface area contributed by atoms with Gasteiger partial charge in [-0.15, -0.1) is 0 Å². The van der Waals surface area contributed by atoms with Crippen molar-refractivity contribution in [3.05, 3.63) is 6.42 Å². The van der Waals surface area contributed by atoms with E-state index < -0.39 is 11.9 Å². The average molecular weight is 145 g/mol. The van der Waals surface area contributed by atoms with E-state index in [2.05, 4.69) is 0 Å². The van der Waals surface area contributed by atoms with Crippen molar-refractivity contribution >= 4 is 11.9 Å². The van der Waals surface area contributed by atoms with Crippen molar-refractivity contribution in [1.29, 1.82) is 0 Å². The van der Waals surface area contributed by atoms with Gasteiger partial charge in [0.15, 0.2) is 0 Å². The van der Waals surface area contributed by atoms with Crippen molar-refractivity contribution in [3.63, 3.8) is 0 Å². The molecule has 0 fully saturated rings. The molecular formula is C6H9O4. The van der Waals surface area contributed by atoms with E-state index in [1.165, 1.54) is 0 Å². The van der Waals surface area contributed by atoms with E-state index in [1.54, 1.807) is 0 Å². The third-order valence-electron chi connectivity index (χ3n) is 0.914. The van der Waals surface area contributed by atoms with Gasteiger partial charge in [0.25, 0.3) is 0 Å². The van der Waals surface area contributed by atoms with Crippen molar-refractivity contribution in [1.82, 2.24) is 0 Å². The highest BCUT2D eigenvalue weighted by molar-refractivity contribution is 5.76. The summed E-state index contributed by atoms with van der Waals surface area (Å²) in [5.41, 5.74) is 0. The summed E-state index contributed by atoms with van der Waals surface area (Å²) in [4.78, 5) is 19.7. The Balaban J connectivity index is 3.06. The van der Waals surface area contributed by atoms with Crippen LogP contribution in [0.3, 0.4) is 0 Å². The SMILES string of the molecule is O=C(O)[CH]CCCC(=O)O. The van der Waals surface area contributed by atoms with Gasteiger partial charge >= 0.3 is 11.9 Å². The molecule has 0 spiro atoms. The summed E-state index contributed by atoms with van der Waals surface area (Å²) < 4.78 is 0. The minimum absolute atomic E-state index is 0.0315. The molecule has 2 N–H and O–H groups in total. The van der Waals surface area contributed by atoms with Gasteiger partial charge in [0, 0.05) is 6.42 Å². The van der Waals surface area contributed by atoms with E-state index in [0.29, 0.717) is 12.8 Å². The lowest BCUT2D eigenvalue weighted by atomic mass is 10.2. The van der Waals surface area contributed by atoms with Crippen LogP contribution in [-0.4, -0.2) is 22.2 Å². The first-order valence-electron chi connectivity index (χ1n) is 2.91. The molecule has 4 nitrogen and oxygen atoms in total. The molecule has 0 bridgehead atoms. The van der Waals surface area contributed by atoms with E-state index in [1.807, 2.05) is 0 Å². The maximum absolute atomic E-state index is 9.88. The Morgan fingerprint density at radius 1 is 1.30 bits per heavy atom. The van der Waals surface area contributed by atoms with Gasteiger partial charge < -0.3 is 10.2 Å². The molecule has 0 atom stereocenters. The van der Waals surface area contributed by atoms with Gasteiger partial charge in [-0.05, 0) is 12.8 Å². The molecule has 0 heterocycles. The van der Waals surface area contributed by atoms with Crippen LogP contribution < -0.4 is 0 Å². The Labute approximate surface area is 58.5 Å². The zero-order valence-electron chi connectivity index (χ0n) is 5.41. The van der Waals surface area contributed by atoms with Crippen LogP contribution in [0, 0.1) is 6.42 Å². The van der Waals surface area contributed by atoms with Crippen molar-refractivity contribution < 1.29 is 19.8 Å². The standard InChI is InChI=1S/C6H9O4/c7-5(8)3-1-2-4-6(9)10/h3H,1-2,4H2,(H,7,8)(H,9,10). The fourth-order valence-electron chi connectivity index (χ4n) is 0.479. The molecule has 4 heteroatoms. The van der Waals surface area contributed by atoms with E-state index in [9.17, 15) is 9.59 Å². The largest absolute Gasteiger partial charge is 0.481 e. The van der Waals surface area contributed by atoms with Gasteiger partial charge in [0.05, 0.1) is 6.42 Å². The third-order valence-corrected chi connectivity index (χ3v) is 0.914. The molecule has 1 radical (unpaired) electrons. The molecule has 0 aromatic carbocycles. The Morgan fingerprint density at radius 2 is 1.90 bits per heavy atom. The van der Waals surface area contributed by atoms with E-state index in [-0.39, 0.29) is 6.42 Å². The summed E-state index contributed by atoms with van der Waals surface area (Å²) in [6.45, 7) is 0. The molecule has 0 unspecified atom stereocenters. The Morgan fingerprint density at radius 3 is 2.30 bits per heavy atom. The zero-order chi connectivity index (χ0) is 7.98. The Bertz CT molecular complexity index is 114. The number of unbranched alkanes of at least 4 members (excludes halogenated alkanes) is 1. The molecule has 57 valence electrons. The molecule has 0 aliphatic heterocycles. The van der Waals surface area contributed by atoms with Crippen molar-refractivity contribution in [2.24, 2.45) is 0 Å². The summed E-state index contributed by atoms with van der Waals surface area (Å²) in [5.74, 6) is -1.89. The summed E-state index contributed by atoms with van der Waals surface area (Å²) in [5, 5.41) is 16.2. The molecular weight excluding hydrogens is 136 g/mol. The Kier molecular flexibility index (Phi) is 4.28. The van der Waals surface area contributed by atoms with Crippen LogP contribution >= 0.6 is 0 Å². The van der Waals surface area contributed by atoms with E-state index in [0.717, 1.165) is 6.42 Å². The van der Waals surface area contributed by atoms with Gasteiger partial charge in [-0.1, -0.05) is 0 Å². The van der Waals surface area contributed by atoms with Crippen LogP contribution in [0.2, 0.25) is 0 Å². The summed E-state index contributed by atoms with van der Waals surface area (Å²) in [6, 6.07) is 0. The van der Waals surface area contributed by atoms with Crippen LogP contribution in [0.5, 0.6) is 0 Å². The number of carbonyl (C=O) groups is 2. The zero-order valence-corrected chi connectivity index (χ0v) is 5.41. The van der Waals surface area contributed by atoms with Crippen LogP contribution in [0.4, 0.5) is 0 Å². The first-order valence-corrected chi connectivity index (χ1v) is 2.91. The van der Waals surface area contributed by atoms with Gasteiger partial charge in [-0.25, -0.2) is 0 Å². The van der Waals surface area contributed by atoms with Crippen molar-refractivity contribution in [3.8, 4) is 0 Å². The minimum atomic E-state index is -0.995. The molecule has 0 saturated carbocycles. The highest BCUT2D eigenvalue weighted by Crippen LogP contribution is 1.97. The molecule has 0 amide bonds. The lowest BCUT2D eigenvalue weighted by molar-refractivity contribution is -0.137. The maximum Gasteiger partial charge on any atom is 0.307 e. The predicted molar refractivity (Wildman–Crippen MR) is 33.4 cm³/mol. The lowest BCUT2D eigenvalue weighted by Crippen LogP contribution is -1.98. The van der Waals surface area contributed by atoms with Gasteiger partial charge in [0.2, 0.25) is 0 Å². The summed E-state index contributed by atoms with van der Waals surface area (Å²) in [6.07, 6.45) is 1.80. The topological polar surface area (TPSA) is 74.6 Å². The molecule has 10 heavy (non-hydrogen) atoms. The van der Waals surface area contributed by atoms with E-state index in [4.69, 9.17) is 10.2 Å². The highest BCUT2D eigenvalue weighted by Gasteiger charge is 1.99. The molecule has 0 saturated heterocycles. The normalized spacial score (nSPS) is 9.20. The molecule has 0 aromatic rings. The smallest absolute Gasteiger partial charge is 0.307 e. The third kappa shape index (κ3) is 6.94. The monoisotopic (exact) mass is 145 g/mol. The number of hydrogen-bond donors (Lipinski definition) is 2. The fraction of sp³-hybridized carbons (Fsp3) is 0.500. The summed E-state index contributed by atoms with van der Waals surface area (Å²) >= 11 is 0. The number of carboxylic acids is 2. The predicted octanol–water partition coefficient (Wildman–Crippen LogP) is 0.530. The molecule has 0 rings (SSSR count). The van der Waals surface area contributed by atoms with Crippen LogP contribution in [0.25, 0.3) is 0 Å². The van der Waals surface area contributed by atoms with Gasteiger partial charge in [-0.2, -0.15) is 0 Å². The van der Waals surface area contributed by atoms with Gasteiger partial charge in [0.1, 0.15) is 0 Å². The molecule has 0 aliphatic carbocycles. The van der Waals surface area contributed by atoms with Crippen LogP contribution in [0.1, 0.15) is 19.3 Å². The van der Waals surface area contributed by atoms with Gasteiger partial charge in [-0.3, -0.25) is 9.59 Å². The first kappa shape index (κ1) is 8.94. The molecule has 0 aliphatic rings. The second-order valence-corrected chi connectivity index (χ2v) is 1.83. The second kappa shape index (κ2) is 4.78. The number of hydrogen-bond acceptors (Lipinski definition) is 2. The van der Waals surface area contributed by atoms with Crippen LogP contribution in [0.15, 0.2) is 0 Å². The maximum atomic E-state index is 9.88. The number of rotatable bonds is 5. The number of carboxylic acid groups (broad SMARTS) is 2. The van der Waals surface area contributed by atoms with Crippen molar-refractivity contribution in [2.75, 3.05) is 0 Å². The Hall–Kier alpha value is -1.06. The lowest BCUT2D eigenvalue weighted by Gasteiger charge is -1.91. The van der Waals surface area contributed by atoms with E-state index >= 15 is 0 Å². The quantitative estimate of drug-likeness (QED) is 0.553.